The lowest BCUT2D eigenvalue weighted by molar-refractivity contribution is -0.119. The van der Waals surface area contributed by atoms with Gasteiger partial charge >= 0.3 is 0 Å². The highest BCUT2D eigenvalue weighted by atomic mass is 16.1. The summed E-state index contributed by atoms with van der Waals surface area (Å²) in [5.74, 6) is 0.0756. The molecule has 1 fully saturated rings. The van der Waals surface area contributed by atoms with Crippen molar-refractivity contribution in [1.82, 2.24) is 15.5 Å². The molecule has 1 atom stereocenters. The zero-order chi connectivity index (χ0) is 11.1. The number of rotatable bonds is 4. The summed E-state index contributed by atoms with van der Waals surface area (Å²) in [6, 6.07) is 0.513. The summed E-state index contributed by atoms with van der Waals surface area (Å²) in [6.45, 7) is 6.16. The van der Waals surface area contributed by atoms with Crippen molar-refractivity contribution < 1.29 is 4.79 Å². The molecule has 1 rings (SSSR count). The molecule has 2 N–H and O–H groups in total. The average molecular weight is 213 g/mol. The van der Waals surface area contributed by atoms with Gasteiger partial charge in [-0.3, -0.25) is 4.79 Å². The molecule has 0 aromatic carbocycles. The lowest BCUT2D eigenvalue weighted by Gasteiger charge is -2.18. The van der Waals surface area contributed by atoms with Crippen molar-refractivity contribution in [3.8, 4) is 0 Å². The fourth-order valence-corrected chi connectivity index (χ4v) is 2.00. The van der Waals surface area contributed by atoms with Gasteiger partial charge in [-0.15, -0.1) is 0 Å². The predicted octanol–water partition coefficient (Wildman–Crippen LogP) is 0.196. The van der Waals surface area contributed by atoms with Gasteiger partial charge in [0.15, 0.2) is 0 Å². The molecule has 0 saturated carbocycles. The Hall–Kier alpha value is -0.610. The van der Waals surface area contributed by atoms with Crippen LogP contribution in [0.5, 0.6) is 0 Å². The van der Waals surface area contributed by atoms with Gasteiger partial charge in [0.2, 0.25) is 5.91 Å². The van der Waals surface area contributed by atoms with Crippen molar-refractivity contribution in [3.05, 3.63) is 0 Å². The van der Waals surface area contributed by atoms with Gasteiger partial charge in [-0.2, -0.15) is 0 Å². The first kappa shape index (κ1) is 12.5. The molecule has 15 heavy (non-hydrogen) atoms. The second kappa shape index (κ2) is 6.80. The number of amides is 1. The van der Waals surface area contributed by atoms with E-state index in [0.717, 1.165) is 19.5 Å². The topological polar surface area (TPSA) is 44.4 Å². The summed E-state index contributed by atoms with van der Waals surface area (Å²) in [5, 5.41) is 5.95. The summed E-state index contributed by atoms with van der Waals surface area (Å²) in [7, 11) is 1.68. The molecule has 1 amide bonds. The van der Waals surface area contributed by atoms with Crippen molar-refractivity contribution in [2.75, 3.05) is 33.2 Å². The number of likely N-dealkylation sites (N-methyl/N-ethyl adjacent to an activating group) is 1. The van der Waals surface area contributed by atoms with Crippen LogP contribution in [0.3, 0.4) is 0 Å². The highest BCUT2D eigenvalue weighted by Gasteiger charge is 2.15. The molecule has 0 spiro atoms. The van der Waals surface area contributed by atoms with Gasteiger partial charge in [0, 0.05) is 13.1 Å². The highest BCUT2D eigenvalue weighted by Crippen LogP contribution is 2.10. The maximum Gasteiger partial charge on any atom is 0.233 e. The molecule has 0 aromatic heterocycles. The molecule has 0 aliphatic carbocycles. The lowest BCUT2D eigenvalue weighted by atomic mass is 10.1. The van der Waals surface area contributed by atoms with E-state index in [4.69, 9.17) is 0 Å². The predicted molar refractivity (Wildman–Crippen MR) is 61.8 cm³/mol. The monoisotopic (exact) mass is 213 g/mol. The SMILES string of the molecule is CCN1CCCC(NCC(=O)NC)CC1. The minimum atomic E-state index is 0.0756. The average Bonchev–Trinajstić information content (AvgIpc) is 2.50. The van der Waals surface area contributed by atoms with E-state index in [-0.39, 0.29) is 5.91 Å². The number of nitrogens with zero attached hydrogens (tertiary/aromatic N) is 1. The van der Waals surface area contributed by atoms with Crippen LogP contribution in [-0.4, -0.2) is 50.1 Å². The van der Waals surface area contributed by atoms with Crippen molar-refractivity contribution >= 4 is 5.91 Å². The van der Waals surface area contributed by atoms with E-state index in [1.165, 1.54) is 19.4 Å². The molecular formula is C11H23N3O. The number of hydrogen-bond donors (Lipinski definition) is 2. The minimum absolute atomic E-state index is 0.0756. The Morgan fingerprint density at radius 3 is 2.87 bits per heavy atom. The van der Waals surface area contributed by atoms with Crippen LogP contribution in [0.1, 0.15) is 26.2 Å². The Morgan fingerprint density at radius 1 is 1.40 bits per heavy atom. The molecule has 88 valence electrons. The largest absolute Gasteiger partial charge is 0.358 e. The first-order valence-corrected chi connectivity index (χ1v) is 5.92. The molecule has 1 aliphatic heterocycles. The van der Waals surface area contributed by atoms with Gasteiger partial charge in [0.05, 0.1) is 6.54 Å². The number of likely N-dealkylation sites (tertiary alicyclic amines) is 1. The minimum Gasteiger partial charge on any atom is -0.358 e. The molecule has 4 nitrogen and oxygen atoms in total. The van der Waals surface area contributed by atoms with E-state index < -0.39 is 0 Å². The van der Waals surface area contributed by atoms with Gasteiger partial charge in [0.25, 0.3) is 0 Å². The second-order valence-corrected chi connectivity index (χ2v) is 4.12. The summed E-state index contributed by atoms with van der Waals surface area (Å²) in [4.78, 5) is 13.6. The molecular weight excluding hydrogens is 190 g/mol. The lowest BCUT2D eigenvalue weighted by Crippen LogP contribution is -2.38. The number of carbonyl (C=O) groups excluding carboxylic acids is 1. The van der Waals surface area contributed by atoms with Crippen molar-refractivity contribution in [3.63, 3.8) is 0 Å². The van der Waals surface area contributed by atoms with E-state index in [0.29, 0.717) is 12.6 Å². The van der Waals surface area contributed by atoms with Crippen molar-refractivity contribution in [2.24, 2.45) is 0 Å². The van der Waals surface area contributed by atoms with Crippen LogP contribution >= 0.6 is 0 Å². The number of hydrogen-bond acceptors (Lipinski definition) is 3. The van der Waals surface area contributed by atoms with Crippen LogP contribution in [-0.2, 0) is 4.79 Å². The van der Waals surface area contributed by atoms with E-state index in [1.807, 2.05) is 0 Å². The molecule has 1 unspecified atom stereocenters. The van der Waals surface area contributed by atoms with E-state index in [1.54, 1.807) is 7.05 Å². The summed E-state index contributed by atoms with van der Waals surface area (Å²) in [5.41, 5.74) is 0. The third-order valence-corrected chi connectivity index (χ3v) is 3.10. The van der Waals surface area contributed by atoms with Crippen LogP contribution in [0.2, 0.25) is 0 Å². The molecule has 4 heteroatoms. The van der Waals surface area contributed by atoms with Gasteiger partial charge < -0.3 is 15.5 Å². The maximum absolute atomic E-state index is 11.1. The fourth-order valence-electron chi connectivity index (χ4n) is 2.00. The van der Waals surface area contributed by atoms with E-state index in [9.17, 15) is 4.79 Å². The third-order valence-electron chi connectivity index (χ3n) is 3.10. The molecule has 0 bridgehead atoms. The Labute approximate surface area is 92.4 Å². The van der Waals surface area contributed by atoms with Crippen LogP contribution in [0.25, 0.3) is 0 Å². The Kier molecular flexibility index (Phi) is 5.65. The number of nitrogens with one attached hydrogen (secondary N) is 2. The van der Waals surface area contributed by atoms with Gasteiger partial charge in [-0.05, 0) is 38.9 Å². The van der Waals surface area contributed by atoms with Crippen molar-refractivity contribution in [1.29, 1.82) is 0 Å². The number of carbonyl (C=O) groups is 1. The highest BCUT2D eigenvalue weighted by molar-refractivity contribution is 5.77. The first-order valence-electron chi connectivity index (χ1n) is 5.92. The van der Waals surface area contributed by atoms with Crippen LogP contribution in [0.4, 0.5) is 0 Å². The quantitative estimate of drug-likeness (QED) is 0.701. The normalized spacial score (nSPS) is 23.5. The van der Waals surface area contributed by atoms with Gasteiger partial charge in [0.1, 0.15) is 0 Å². The second-order valence-electron chi connectivity index (χ2n) is 4.12. The van der Waals surface area contributed by atoms with Crippen LogP contribution in [0, 0.1) is 0 Å². The summed E-state index contributed by atoms with van der Waals surface area (Å²) >= 11 is 0. The molecule has 1 heterocycles. The van der Waals surface area contributed by atoms with E-state index in [2.05, 4.69) is 22.5 Å². The Morgan fingerprint density at radius 2 is 2.20 bits per heavy atom. The van der Waals surface area contributed by atoms with Crippen LogP contribution < -0.4 is 10.6 Å². The molecule has 0 aromatic rings. The smallest absolute Gasteiger partial charge is 0.233 e. The Balaban J connectivity index is 2.22. The van der Waals surface area contributed by atoms with E-state index >= 15 is 0 Å². The molecule has 0 radical (unpaired) electrons. The molecule has 1 aliphatic rings. The van der Waals surface area contributed by atoms with Crippen molar-refractivity contribution in [2.45, 2.75) is 32.2 Å². The van der Waals surface area contributed by atoms with Gasteiger partial charge in [-0.1, -0.05) is 6.92 Å². The zero-order valence-electron chi connectivity index (χ0n) is 9.88. The Bertz CT molecular complexity index is 196. The molecule has 1 saturated heterocycles. The zero-order valence-corrected chi connectivity index (χ0v) is 9.88. The first-order chi connectivity index (χ1) is 7.26. The standard InChI is InChI=1S/C11H23N3O/c1-3-14-7-4-5-10(6-8-14)13-9-11(15)12-2/h10,13H,3-9H2,1-2H3,(H,12,15). The summed E-state index contributed by atoms with van der Waals surface area (Å²) < 4.78 is 0. The summed E-state index contributed by atoms with van der Waals surface area (Å²) in [6.07, 6.45) is 3.58. The maximum atomic E-state index is 11.1. The fraction of sp³-hybridized carbons (Fsp3) is 0.909. The third kappa shape index (κ3) is 4.62. The van der Waals surface area contributed by atoms with Crippen LogP contribution in [0.15, 0.2) is 0 Å². The van der Waals surface area contributed by atoms with Gasteiger partial charge in [-0.25, -0.2) is 0 Å².